The third-order valence-electron chi connectivity index (χ3n) is 3.47. The minimum absolute atomic E-state index is 0.454. The first-order valence-corrected chi connectivity index (χ1v) is 7.61. The van der Waals surface area contributed by atoms with E-state index in [9.17, 15) is 8.42 Å². The predicted octanol–water partition coefficient (Wildman–Crippen LogP) is 2.78. The Morgan fingerprint density at radius 3 is 2.56 bits per heavy atom. The molecule has 1 aromatic carbocycles. The molecule has 0 aromatic heterocycles. The quantitative estimate of drug-likeness (QED) is 0.794. The molecule has 0 saturated heterocycles. The van der Waals surface area contributed by atoms with E-state index < -0.39 is 9.84 Å². The molecule has 0 aliphatic heterocycles. The van der Waals surface area contributed by atoms with Gasteiger partial charge in [-0.1, -0.05) is 19.9 Å². The highest BCUT2D eigenvalue weighted by Crippen LogP contribution is 2.38. The summed E-state index contributed by atoms with van der Waals surface area (Å²) < 4.78 is 22.9. The second-order valence-electron chi connectivity index (χ2n) is 5.02. The highest BCUT2D eigenvalue weighted by atomic mass is 32.2. The third kappa shape index (κ3) is 2.01. The van der Waals surface area contributed by atoms with Crippen LogP contribution in [0.25, 0.3) is 0 Å². The number of sulfone groups is 1. The van der Waals surface area contributed by atoms with Gasteiger partial charge in [-0.3, -0.25) is 0 Å². The fraction of sp³-hybridized carbons (Fsp3) is 0.538. The molecule has 0 N–H and O–H groups in total. The molecule has 0 fully saturated rings. The average molecular weight is 238 g/mol. The van der Waals surface area contributed by atoms with Gasteiger partial charge in [0.25, 0.3) is 0 Å². The number of fused-ring (bicyclic) bond motifs is 1. The van der Waals surface area contributed by atoms with Crippen LogP contribution in [0.1, 0.15) is 37.3 Å². The standard InChI is InChI=1S/C13H18O2S/c1-9(2)12-6-4-10-8-11(16(3,14)15)5-7-13(10)12/h5,7-9,12H,4,6H2,1-3H3. The van der Waals surface area contributed by atoms with Crippen molar-refractivity contribution in [2.75, 3.05) is 6.26 Å². The van der Waals surface area contributed by atoms with Gasteiger partial charge in [-0.15, -0.1) is 0 Å². The number of hydrogen-bond acceptors (Lipinski definition) is 2. The highest BCUT2D eigenvalue weighted by molar-refractivity contribution is 7.90. The summed E-state index contributed by atoms with van der Waals surface area (Å²) in [6.45, 7) is 4.45. The summed E-state index contributed by atoms with van der Waals surface area (Å²) in [5.74, 6) is 1.23. The van der Waals surface area contributed by atoms with Crippen molar-refractivity contribution in [3.63, 3.8) is 0 Å². The number of benzene rings is 1. The maximum atomic E-state index is 11.4. The molecule has 0 saturated carbocycles. The third-order valence-corrected chi connectivity index (χ3v) is 4.58. The van der Waals surface area contributed by atoms with Crippen LogP contribution >= 0.6 is 0 Å². The molecule has 1 aliphatic rings. The van der Waals surface area contributed by atoms with Crippen LogP contribution in [0.5, 0.6) is 0 Å². The van der Waals surface area contributed by atoms with E-state index in [0.717, 1.165) is 12.8 Å². The molecular weight excluding hydrogens is 220 g/mol. The maximum absolute atomic E-state index is 11.4. The van der Waals surface area contributed by atoms with E-state index in [2.05, 4.69) is 13.8 Å². The molecule has 3 heteroatoms. The number of aryl methyl sites for hydroxylation is 1. The monoisotopic (exact) mass is 238 g/mol. The topological polar surface area (TPSA) is 34.1 Å². The summed E-state index contributed by atoms with van der Waals surface area (Å²) >= 11 is 0. The largest absolute Gasteiger partial charge is 0.224 e. The van der Waals surface area contributed by atoms with Crippen LogP contribution in [-0.4, -0.2) is 14.7 Å². The van der Waals surface area contributed by atoms with Crippen molar-refractivity contribution in [3.05, 3.63) is 29.3 Å². The van der Waals surface area contributed by atoms with Crippen molar-refractivity contribution >= 4 is 9.84 Å². The first-order valence-electron chi connectivity index (χ1n) is 5.72. The summed E-state index contributed by atoms with van der Waals surface area (Å²) in [6, 6.07) is 5.60. The molecule has 2 nitrogen and oxygen atoms in total. The molecule has 1 aromatic rings. The van der Waals surface area contributed by atoms with Crippen LogP contribution in [0.15, 0.2) is 23.1 Å². The van der Waals surface area contributed by atoms with E-state index in [1.165, 1.54) is 17.4 Å². The lowest BCUT2D eigenvalue weighted by atomic mass is 9.90. The molecule has 0 radical (unpaired) electrons. The molecule has 0 amide bonds. The van der Waals surface area contributed by atoms with E-state index in [1.807, 2.05) is 12.1 Å². The van der Waals surface area contributed by atoms with Crippen molar-refractivity contribution in [2.45, 2.75) is 37.5 Å². The van der Waals surface area contributed by atoms with Gasteiger partial charge in [-0.05, 0) is 47.9 Å². The Morgan fingerprint density at radius 1 is 1.31 bits per heavy atom. The molecule has 16 heavy (non-hydrogen) atoms. The van der Waals surface area contributed by atoms with E-state index in [0.29, 0.717) is 16.7 Å². The Kier molecular flexibility index (Phi) is 2.82. The van der Waals surface area contributed by atoms with Gasteiger partial charge in [-0.2, -0.15) is 0 Å². The van der Waals surface area contributed by atoms with Gasteiger partial charge >= 0.3 is 0 Å². The molecule has 1 aliphatic carbocycles. The van der Waals surface area contributed by atoms with E-state index in [1.54, 1.807) is 6.07 Å². The van der Waals surface area contributed by atoms with Gasteiger partial charge in [0.2, 0.25) is 0 Å². The van der Waals surface area contributed by atoms with Crippen LogP contribution in [0, 0.1) is 5.92 Å². The Labute approximate surface area is 97.6 Å². The molecule has 1 atom stereocenters. The predicted molar refractivity (Wildman–Crippen MR) is 65.5 cm³/mol. The molecule has 0 spiro atoms. The van der Waals surface area contributed by atoms with Gasteiger partial charge < -0.3 is 0 Å². The van der Waals surface area contributed by atoms with Gasteiger partial charge in [0.05, 0.1) is 4.90 Å². The van der Waals surface area contributed by atoms with Gasteiger partial charge in [0, 0.05) is 6.26 Å². The summed E-state index contributed by atoms with van der Waals surface area (Å²) in [4.78, 5) is 0.454. The van der Waals surface area contributed by atoms with E-state index >= 15 is 0 Å². The van der Waals surface area contributed by atoms with Crippen LogP contribution in [-0.2, 0) is 16.3 Å². The summed E-state index contributed by atoms with van der Waals surface area (Å²) in [7, 11) is -3.06. The minimum atomic E-state index is -3.06. The lowest BCUT2D eigenvalue weighted by molar-refractivity contribution is 0.496. The highest BCUT2D eigenvalue weighted by Gasteiger charge is 2.25. The molecule has 1 unspecified atom stereocenters. The second-order valence-corrected chi connectivity index (χ2v) is 7.04. The molecular formula is C13H18O2S. The van der Waals surface area contributed by atoms with E-state index in [-0.39, 0.29) is 0 Å². The smallest absolute Gasteiger partial charge is 0.175 e. The van der Waals surface area contributed by atoms with Crippen molar-refractivity contribution in [1.82, 2.24) is 0 Å². The Bertz CT molecular complexity index is 501. The Morgan fingerprint density at radius 2 is 2.00 bits per heavy atom. The SMILES string of the molecule is CC(C)C1CCc2cc(S(C)(=O)=O)ccc21. The average Bonchev–Trinajstić information content (AvgIpc) is 2.58. The normalized spacial score (nSPS) is 20.1. The fourth-order valence-electron chi connectivity index (χ4n) is 2.55. The van der Waals surface area contributed by atoms with E-state index in [4.69, 9.17) is 0 Å². The van der Waals surface area contributed by atoms with Gasteiger partial charge in [-0.25, -0.2) is 8.42 Å². The van der Waals surface area contributed by atoms with Crippen molar-refractivity contribution < 1.29 is 8.42 Å². The Hall–Kier alpha value is -0.830. The minimum Gasteiger partial charge on any atom is -0.224 e. The number of hydrogen-bond donors (Lipinski definition) is 0. The zero-order valence-corrected chi connectivity index (χ0v) is 10.8. The zero-order chi connectivity index (χ0) is 11.9. The first kappa shape index (κ1) is 11.6. The second kappa shape index (κ2) is 3.88. The summed E-state index contributed by atoms with van der Waals surface area (Å²) in [5, 5.41) is 0. The lowest BCUT2D eigenvalue weighted by Crippen LogP contribution is -2.03. The molecule has 88 valence electrons. The van der Waals surface area contributed by atoms with Gasteiger partial charge in [0.15, 0.2) is 9.84 Å². The van der Waals surface area contributed by atoms with Crippen LogP contribution in [0.2, 0.25) is 0 Å². The Balaban J connectivity index is 2.44. The van der Waals surface area contributed by atoms with Crippen molar-refractivity contribution in [2.24, 2.45) is 5.92 Å². The molecule has 2 rings (SSSR count). The molecule has 0 bridgehead atoms. The maximum Gasteiger partial charge on any atom is 0.175 e. The molecule has 0 heterocycles. The summed E-state index contributed by atoms with van der Waals surface area (Å²) in [5.41, 5.74) is 2.57. The zero-order valence-electron chi connectivity index (χ0n) is 10.0. The number of rotatable bonds is 2. The van der Waals surface area contributed by atoms with Crippen LogP contribution in [0.4, 0.5) is 0 Å². The lowest BCUT2D eigenvalue weighted by Gasteiger charge is -2.15. The van der Waals surface area contributed by atoms with Crippen LogP contribution in [0.3, 0.4) is 0 Å². The van der Waals surface area contributed by atoms with Gasteiger partial charge in [0.1, 0.15) is 0 Å². The summed E-state index contributed by atoms with van der Waals surface area (Å²) in [6.07, 6.45) is 3.44. The first-order chi connectivity index (χ1) is 7.39. The van der Waals surface area contributed by atoms with Crippen molar-refractivity contribution in [3.8, 4) is 0 Å². The fourth-order valence-corrected chi connectivity index (χ4v) is 3.22. The van der Waals surface area contributed by atoms with Crippen LogP contribution < -0.4 is 0 Å². The van der Waals surface area contributed by atoms with Crippen molar-refractivity contribution in [1.29, 1.82) is 0 Å².